The van der Waals surface area contributed by atoms with Crippen molar-refractivity contribution in [3.8, 4) is 0 Å². The van der Waals surface area contributed by atoms with Gasteiger partial charge in [-0.05, 0) is 51.3 Å². The molecule has 1 aromatic rings. The van der Waals surface area contributed by atoms with Crippen molar-refractivity contribution in [3.63, 3.8) is 0 Å². The molecule has 0 unspecified atom stereocenters. The molecule has 5 nitrogen and oxygen atoms in total. The van der Waals surface area contributed by atoms with Crippen LogP contribution in [-0.4, -0.2) is 27.7 Å². The van der Waals surface area contributed by atoms with E-state index in [1.165, 1.54) is 6.92 Å². The zero-order chi connectivity index (χ0) is 16.0. The number of rotatable bonds is 8. The lowest BCUT2D eigenvalue weighted by molar-refractivity contribution is 0.0762. The first-order chi connectivity index (χ1) is 9.74. The molecule has 21 heavy (non-hydrogen) atoms. The van der Waals surface area contributed by atoms with E-state index in [1.807, 2.05) is 13.8 Å². The van der Waals surface area contributed by atoms with Gasteiger partial charge in [-0.3, -0.25) is 0 Å². The van der Waals surface area contributed by atoms with Gasteiger partial charge in [-0.15, -0.1) is 0 Å². The molecule has 120 valence electrons. The van der Waals surface area contributed by atoms with Crippen LogP contribution in [0.4, 0.5) is 10.1 Å². The van der Waals surface area contributed by atoms with Gasteiger partial charge in [0.25, 0.3) is 0 Å². The number of halogens is 1. The van der Waals surface area contributed by atoms with E-state index in [0.29, 0.717) is 25.1 Å². The second-order valence-corrected chi connectivity index (χ2v) is 6.90. The zero-order valence-electron chi connectivity index (χ0n) is 12.6. The van der Waals surface area contributed by atoms with Gasteiger partial charge in [0.1, 0.15) is 5.82 Å². The highest BCUT2D eigenvalue weighted by atomic mass is 32.2. The number of nitrogens with one attached hydrogen (secondary N) is 1. The van der Waals surface area contributed by atoms with Gasteiger partial charge in [0.15, 0.2) is 0 Å². The molecular formula is C14H23FN2O3S. The Balaban J connectivity index is 2.56. The monoisotopic (exact) mass is 318 g/mol. The van der Waals surface area contributed by atoms with Crippen LogP contribution in [-0.2, 0) is 14.8 Å². The normalized spacial score (nSPS) is 12.0. The molecule has 0 heterocycles. The van der Waals surface area contributed by atoms with Gasteiger partial charge >= 0.3 is 0 Å². The van der Waals surface area contributed by atoms with Crippen molar-refractivity contribution in [2.75, 3.05) is 18.9 Å². The van der Waals surface area contributed by atoms with Crippen LogP contribution in [0.2, 0.25) is 0 Å². The van der Waals surface area contributed by atoms with E-state index in [2.05, 4.69) is 4.72 Å². The number of nitrogen functional groups attached to an aromatic ring is 1. The summed E-state index contributed by atoms with van der Waals surface area (Å²) in [5.41, 5.74) is 5.58. The van der Waals surface area contributed by atoms with E-state index in [1.54, 1.807) is 0 Å². The highest BCUT2D eigenvalue weighted by molar-refractivity contribution is 7.89. The van der Waals surface area contributed by atoms with Crippen LogP contribution >= 0.6 is 0 Å². The lowest BCUT2D eigenvalue weighted by Crippen LogP contribution is -2.26. The molecular weight excluding hydrogens is 295 g/mol. The standard InChI is InChI=1S/C14H23FN2O3S/c1-10(2)20-7-5-4-6-17-21(18,19)14-9-13(16)12(15)8-11(14)3/h8-10,17H,4-7,16H2,1-3H3. The van der Waals surface area contributed by atoms with Gasteiger partial charge < -0.3 is 10.5 Å². The Hall–Kier alpha value is -1.18. The minimum atomic E-state index is -3.67. The Morgan fingerprint density at radius 3 is 2.62 bits per heavy atom. The maximum atomic E-state index is 13.3. The summed E-state index contributed by atoms with van der Waals surface area (Å²) in [6, 6.07) is 2.27. The van der Waals surface area contributed by atoms with Gasteiger partial charge in [0, 0.05) is 13.2 Å². The lowest BCUT2D eigenvalue weighted by Gasteiger charge is -2.11. The number of aryl methyl sites for hydroxylation is 1. The number of hydrogen-bond donors (Lipinski definition) is 2. The van der Waals surface area contributed by atoms with Crippen LogP contribution in [0.3, 0.4) is 0 Å². The van der Waals surface area contributed by atoms with E-state index in [9.17, 15) is 12.8 Å². The van der Waals surface area contributed by atoms with E-state index in [0.717, 1.165) is 18.6 Å². The average molecular weight is 318 g/mol. The van der Waals surface area contributed by atoms with Crippen LogP contribution in [0, 0.1) is 12.7 Å². The molecule has 0 fully saturated rings. The number of ether oxygens (including phenoxy) is 1. The number of nitrogens with two attached hydrogens (primary N) is 1. The van der Waals surface area contributed by atoms with Crippen LogP contribution in [0.5, 0.6) is 0 Å². The predicted molar refractivity (Wildman–Crippen MR) is 81.1 cm³/mol. The topological polar surface area (TPSA) is 81.4 Å². The molecule has 0 spiro atoms. The smallest absolute Gasteiger partial charge is 0.240 e. The maximum Gasteiger partial charge on any atom is 0.240 e. The van der Waals surface area contributed by atoms with Gasteiger partial charge in [0.05, 0.1) is 16.7 Å². The summed E-state index contributed by atoms with van der Waals surface area (Å²) >= 11 is 0. The molecule has 0 bridgehead atoms. The summed E-state index contributed by atoms with van der Waals surface area (Å²) in [6.45, 7) is 6.34. The molecule has 3 N–H and O–H groups in total. The summed E-state index contributed by atoms with van der Waals surface area (Å²) in [5.74, 6) is -0.614. The summed E-state index contributed by atoms with van der Waals surface area (Å²) in [4.78, 5) is 0.0137. The van der Waals surface area contributed by atoms with Crippen molar-refractivity contribution < 1.29 is 17.5 Å². The summed E-state index contributed by atoms with van der Waals surface area (Å²) < 4.78 is 45.4. The average Bonchev–Trinajstić information content (AvgIpc) is 2.37. The molecule has 0 aliphatic heterocycles. The highest BCUT2D eigenvalue weighted by Gasteiger charge is 2.18. The third kappa shape index (κ3) is 5.61. The van der Waals surface area contributed by atoms with Crippen LogP contribution < -0.4 is 10.5 Å². The summed E-state index contributed by atoms with van der Waals surface area (Å²) in [7, 11) is -3.67. The van der Waals surface area contributed by atoms with Crippen molar-refractivity contribution >= 4 is 15.7 Å². The first-order valence-electron chi connectivity index (χ1n) is 6.91. The second kappa shape index (κ2) is 7.72. The molecule has 1 aromatic carbocycles. The second-order valence-electron chi connectivity index (χ2n) is 5.16. The minimum Gasteiger partial charge on any atom is -0.396 e. The Labute approximate surface area is 125 Å². The number of benzene rings is 1. The lowest BCUT2D eigenvalue weighted by atomic mass is 10.2. The fourth-order valence-electron chi connectivity index (χ4n) is 1.79. The number of hydrogen-bond acceptors (Lipinski definition) is 4. The van der Waals surface area contributed by atoms with Crippen LogP contribution in [0.1, 0.15) is 32.3 Å². The molecule has 7 heteroatoms. The van der Waals surface area contributed by atoms with Crippen molar-refractivity contribution in [2.45, 2.75) is 44.6 Å². The maximum absolute atomic E-state index is 13.3. The minimum absolute atomic E-state index is 0.0137. The summed E-state index contributed by atoms with van der Waals surface area (Å²) in [5, 5.41) is 0. The number of unbranched alkanes of at least 4 members (excludes halogenated alkanes) is 1. The number of sulfonamides is 1. The molecule has 0 saturated carbocycles. The van der Waals surface area contributed by atoms with E-state index < -0.39 is 15.8 Å². The Kier molecular flexibility index (Phi) is 6.57. The molecule has 0 atom stereocenters. The molecule has 0 aliphatic rings. The van der Waals surface area contributed by atoms with Gasteiger partial charge in [-0.1, -0.05) is 0 Å². The Morgan fingerprint density at radius 2 is 2.00 bits per heavy atom. The van der Waals surface area contributed by atoms with Gasteiger partial charge in [-0.25, -0.2) is 17.5 Å². The Bertz CT molecular complexity index is 574. The van der Waals surface area contributed by atoms with Crippen LogP contribution in [0.25, 0.3) is 0 Å². The van der Waals surface area contributed by atoms with Crippen molar-refractivity contribution in [3.05, 3.63) is 23.5 Å². The van der Waals surface area contributed by atoms with Gasteiger partial charge in [0.2, 0.25) is 10.0 Å². The van der Waals surface area contributed by atoms with E-state index in [-0.39, 0.29) is 16.7 Å². The van der Waals surface area contributed by atoms with E-state index >= 15 is 0 Å². The zero-order valence-corrected chi connectivity index (χ0v) is 13.5. The van der Waals surface area contributed by atoms with Gasteiger partial charge in [-0.2, -0.15) is 0 Å². The fourth-order valence-corrected chi connectivity index (χ4v) is 3.12. The molecule has 0 saturated heterocycles. The predicted octanol–water partition coefficient (Wildman–Crippen LogP) is 2.20. The molecule has 0 aromatic heterocycles. The van der Waals surface area contributed by atoms with E-state index in [4.69, 9.17) is 10.5 Å². The fraction of sp³-hybridized carbons (Fsp3) is 0.571. The van der Waals surface area contributed by atoms with Crippen molar-refractivity contribution in [1.29, 1.82) is 0 Å². The molecule has 0 radical (unpaired) electrons. The molecule has 0 aliphatic carbocycles. The third-order valence-corrected chi connectivity index (χ3v) is 4.50. The molecule has 0 amide bonds. The molecule has 1 rings (SSSR count). The van der Waals surface area contributed by atoms with Crippen molar-refractivity contribution in [1.82, 2.24) is 4.72 Å². The van der Waals surface area contributed by atoms with Crippen molar-refractivity contribution in [2.24, 2.45) is 0 Å². The Morgan fingerprint density at radius 1 is 1.33 bits per heavy atom. The highest BCUT2D eigenvalue weighted by Crippen LogP contribution is 2.21. The van der Waals surface area contributed by atoms with Crippen LogP contribution in [0.15, 0.2) is 17.0 Å². The quantitative estimate of drug-likeness (QED) is 0.569. The third-order valence-electron chi connectivity index (χ3n) is 2.90. The largest absolute Gasteiger partial charge is 0.396 e. The first-order valence-corrected chi connectivity index (χ1v) is 8.39. The first kappa shape index (κ1) is 17.9. The SMILES string of the molecule is Cc1cc(F)c(N)cc1S(=O)(=O)NCCCCOC(C)C. The summed E-state index contributed by atoms with van der Waals surface area (Å²) in [6.07, 6.45) is 1.61. The number of anilines is 1.